The molecule has 1 aliphatic heterocycles. The third kappa shape index (κ3) is 15.5. The third-order valence-electron chi connectivity index (χ3n) is 6.91. The molecule has 0 aromatic carbocycles. The van der Waals surface area contributed by atoms with Crippen LogP contribution in [0.4, 0.5) is 0 Å². The molecule has 1 heterocycles. The molecule has 1 unspecified atom stereocenters. The molecule has 1 saturated heterocycles. The molecule has 0 radical (unpaired) electrons. The molecule has 8 heteroatoms. The number of hydrogen-bond donors (Lipinski definition) is 6. The fourth-order valence-corrected chi connectivity index (χ4v) is 4.60. The topological polar surface area (TPSA) is 132 Å². The lowest BCUT2D eigenvalue weighted by Gasteiger charge is -2.40. The van der Waals surface area contributed by atoms with Crippen LogP contribution < -0.4 is 5.32 Å². The maximum absolute atomic E-state index is 10.1. The average Bonchev–Trinajstić information content (AvgIpc) is 2.85. The summed E-state index contributed by atoms with van der Waals surface area (Å²) in [4.78, 5) is 0. The van der Waals surface area contributed by atoms with E-state index in [0.29, 0.717) is 6.54 Å². The molecule has 0 amide bonds. The van der Waals surface area contributed by atoms with Crippen LogP contribution in [-0.4, -0.2) is 88.6 Å². The highest BCUT2D eigenvalue weighted by atomic mass is 16.7. The molecule has 210 valence electrons. The van der Waals surface area contributed by atoms with Crippen molar-refractivity contribution in [2.75, 3.05) is 26.3 Å². The zero-order chi connectivity index (χ0) is 25.7. The van der Waals surface area contributed by atoms with Crippen molar-refractivity contribution in [2.24, 2.45) is 0 Å². The van der Waals surface area contributed by atoms with Crippen molar-refractivity contribution < 1.29 is 35.0 Å². The minimum absolute atomic E-state index is 0.107. The monoisotopic (exact) mass is 505 g/mol. The van der Waals surface area contributed by atoms with E-state index >= 15 is 0 Å². The quantitative estimate of drug-likeness (QED) is 0.117. The van der Waals surface area contributed by atoms with E-state index in [-0.39, 0.29) is 6.61 Å². The fraction of sp³-hybridized carbons (Fsp3) is 1.00. The summed E-state index contributed by atoms with van der Waals surface area (Å²) in [6.07, 6.45) is 14.2. The number of aliphatic hydroxyl groups is 5. The van der Waals surface area contributed by atoms with Crippen LogP contribution in [0, 0.1) is 0 Å². The molecule has 8 nitrogen and oxygen atoms in total. The lowest BCUT2D eigenvalue weighted by molar-refractivity contribution is -0.298. The Morgan fingerprint density at radius 2 is 1.23 bits per heavy atom. The third-order valence-corrected chi connectivity index (χ3v) is 6.91. The Labute approximate surface area is 213 Å². The first-order valence-corrected chi connectivity index (χ1v) is 14.3. The van der Waals surface area contributed by atoms with Crippen LogP contribution in [-0.2, 0) is 9.47 Å². The number of unbranched alkanes of at least 4 members (excludes halogenated alkanes) is 15. The molecule has 1 aliphatic rings. The Kier molecular flexibility index (Phi) is 20.3. The van der Waals surface area contributed by atoms with E-state index in [2.05, 4.69) is 12.2 Å². The van der Waals surface area contributed by atoms with Gasteiger partial charge >= 0.3 is 0 Å². The van der Waals surface area contributed by atoms with E-state index in [0.717, 1.165) is 13.0 Å². The standard InChI is InChI=1S/C27H55NO7/c1-2-3-4-5-6-7-8-9-10-11-12-13-14-15-16-17-18-28-19-22(30)21-34-26-25(32)24(31)23(20-29)35-27(26)33/h22-33H,2-21H2,1H3/t22?,23-,24+,25+,26-,27-/m1/s1. The second-order valence-electron chi connectivity index (χ2n) is 10.2. The van der Waals surface area contributed by atoms with Crippen molar-refractivity contribution >= 4 is 0 Å². The molecular formula is C27H55NO7. The Morgan fingerprint density at radius 3 is 1.71 bits per heavy atom. The van der Waals surface area contributed by atoms with Crippen molar-refractivity contribution in [1.29, 1.82) is 0 Å². The summed E-state index contributed by atoms with van der Waals surface area (Å²) in [7, 11) is 0. The Bertz CT molecular complexity index is 471. The molecule has 0 saturated carbocycles. The maximum Gasteiger partial charge on any atom is 0.184 e. The summed E-state index contributed by atoms with van der Waals surface area (Å²) >= 11 is 0. The zero-order valence-electron chi connectivity index (χ0n) is 22.2. The summed E-state index contributed by atoms with van der Waals surface area (Å²) < 4.78 is 10.4. The van der Waals surface area contributed by atoms with Gasteiger partial charge in [-0.2, -0.15) is 0 Å². The van der Waals surface area contributed by atoms with Gasteiger partial charge in [-0.25, -0.2) is 0 Å². The second kappa shape index (κ2) is 21.7. The van der Waals surface area contributed by atoms with Crippen LogP contribution in [0.1, 0.15) is 110 Å². The number of ether oxygens (including phenoxy) is 2. The smallest absolute Gasteiger partial charge is 0.184 e. The SMILES string of the molecule is CCCCCCCCCCCCCCCCCCNCC(O)CO[C@@H]1[C@@H](O)[C@@H](O)[C@@H](CO)O[C@H]1O. The summed E-state index contributed by atoms with van der Waals surface area (Å²) in [6, 6.07) is 0. The Hall–Kier alpha value is -0.320. The minimum atomic E-state index is -1.48. The summed E-state index contributed by atoms with van der Waals surface area (Å²) in [6.45, 7) is 2.81. The van der Waals surface area contributed by atoms with Crippen LogP contribution >= 0.6 is 0 Å². The summed E-state index contributed by atoms with van der Waals surface area (Å²) in [5.41, 5.74) is 0. The van der Waals surface area contributed by atoms with Crippen LogP contribution in [0.5, 0.6) is 0 Å². The molecule has 0 spiro atoms. The first-order valence-electron chi connectivity index (χ1n) is 14.3. The van der Waals surface area contributed by atoms with Gasteiger partial charge in [0.15, 0.2) is 6.29 Å². The van der Waals surface area contributed by atoms with Gasteiger partial charge in [-0.3, -0.25) is 0 Å². The number of nitrogens with one attached hydrogen (secondary N) is 1. The zero-order valence-corrected chi connectivity index (χ0v) is 22.2. The van der Waals surface area contributed by atoms with Gasteiger partial charge in [0.2, 0.25) is 0 Å². The summed E-state index contributed by atoms with van der Waals surface area (Å²) in [5.74, 6) is 0. The highest BCUT2D eigenvalue weighted by Crippen LogP contribution is 2.22. The van der Waals surface area contributed by atoms with E-state index in [1.165, 1.54) is 96.3 Å². The molecule has 0 aliphatic carbocycles. The van der Waals surface area contributed by atoms with Crippen LogP contribution in [0.25, 0.3) is 0 Å². The first-order chi connectivity index (χ1) is 17.0. The summed E-state index contributed by atoms with van der Waals surface area (Å²) in [5, 5.41) is 52.1. The molecule has 35 heavy (non-hydrogen) atoms. The molecule has 6 N–H and O–H groups in total. The largest absolute Gasteiger partial charge is 0.394 e. The van der Waals surface area contributed by atoms with Crippen LogP contribution in [0.15, 0.2) is 0 Å². The number of aliphatic hydroxyl groups excluding tert-OH is 5. The second-order valence-corrected chi connectivity index (χ2v) is 10.2. The van der Waals surface area contributed by atoms with E-state index in [1.54, 1.807) is 0 Å². The molecule has 0 aromatic rings. The van der Waals surface area contributed by atoms with E-state index in [9.17, 15) is 20.4 Å². The van der Waals surface area contributed by atoms with Gasteiger partial charge in [-0.05, 0) is 13.0 Å². The maximum atomic E-state index is 10.1. The fourth-order valence-electron chi connectivity index (χ4n) is 4.60. The van der Waals surface area contributed by atoms with Gasteiger partial charge in [0.25, 0.3) is 0 Å². The highest BCUT2D eigenvalue weighted by molar-refractivity contribution is 4.89. The molecular weight excluding hydrogens is 450 g/mol. The van der Waals surface area contributed by atoms with Crippen molar-refractivity contribution in [1.82, 2.24) is 5.32 Å². The number of rotatable bonds is 23. The van der Waals surface area contributed by atoms with Crippen molar-refractivity contribution in [3.63, 3.8) is 0 Å². The van der Waals surface area contributed by atoms with Crippen molar-refractivity contribution in [3.05, 3.63) is 0 Å². The molecule has 1 fully saturated rings. The van der Waals surface area contributed by atoms with Gasteiger partial charge in [0, 0.05) is 6.54 Å². The molecule has 0 aromatic heterocycles. The minimum Gasteiger partial charge on any atom is -0.394 e. The predicted molar refractivity (Wildman–Crippen MR) is 138 cm³/mol. The van der Waals surface area contributed by atoms with Gasteiger partial charge in [0.1, 0.15) is 24.4 Å². The van der Waals surface area contributed by atoms with Gasteiger partial charge in [-0.1, -0.05) is 103 Å². The van der Waals surface area contributed by atoms with Crippen LogP contribution in [0.3, 0.4) is 0 Å². The molecule has 0 bridgehead atoms. The van der Waals surface area contributed by atoms with Crippen molar-refractivity contribution in [3.8, 4) is 0 Å². The average molecular weight is 506 g/mol. The Morgan fingerprint density at radius 1 is 0.743 bits per heavy atom. The lowest BCUT2D eigenvalue weighted by atomic mass is 9.99. The normalized spacial score (nSPS) is 25.7. The highest BCUT2D eigenvalue weighted by Gasteiger charge is 2.44. The van der Waals surface area contributed by atoms with E-state index < -0.39 is 43.4 Å². The first kappa shape index (κ1) is 32.7. The van der Waals surface area contributed by atoms with Gasteiger partial charge in [-0.15, -0.1) is 0 Å². The van der Waals surface area contributed by atoms with E-state index in [1.807, 2.05) is 0 Å². The van der Waals surface area contributed by atoms with Gasteiger partial charge < -0.3 is 40.3 Å². The van der Waals surface area contributed by atoms with Crippen LogP contribution in [0.2, 0.25) is 0 Å². The van der Waals surface area contributed by atoms with E-state index in [4.69, 9.17) is 14.6 Å². The van der Waals surface area contributed by atoms with Crippen molar-refractivity contribution in [2.45, 2.75) is 146 Å². The van der Waals surface area contributed by atoms with Gasteiger partial charge in [0.05, 0.1) is 19.3 Å². The predicted octanol–water partition coefficient (Wildman–Crippen LogP) is 3.01. The molecule has 6 atom stereocenters. The number of hydrogen-bond acceptors (Lipinski definition) is 8. The molecule has 1 rings (SSSR count). The Balaban J connectivity index is 1.86. The lowest BCUT2D eigenvalue weighted by Crippen LogP contribution is -2.59.